The molecule has 0 spiro atoms. The molecule has 1 aliphatic rings. The summed E-state index contributed by atoms with van der Waals surface area (Å²) in [7, 11) is 0. The zero-order chi connectivity index (χ0) is 8.65. The van der Waals surface area contributed by atoms with E-state index in [4.69, 9.17) is 4.84 Å². The summed E-state index contributed by atoms with van der Waals surface area (Å²) in [5, 5.41) is 3.17. The Hall–Kier alpha value is -0.940. The number of aliphatic imine (C=N–C) groups is 2. The molecule has 1 rings (SSSR count). The Bertz CT molecular complexity index is 178. The molecule has 0 amide bonds. The van der Waals surface area contributed by atoms with E-state index in [-0.39, 0.29) is 0 Å². The fourth-order valence-electron chi connectivity index (χ4n) is 0.759. The van der Waals surface area contributed by atoms with Crippen molar-refractivity contribution in [3.05, 3.63) is 0 Å². The van der Waals surface area contributed by atoms with Crippen molar-refractivity contribution >= 4 is 12.2 Å². The summed E-state index contributed by atoms with van der Waals surface area (Å²) in [6.45, 7) is 4.92. The fourth-order valence-corrected chi connectivity index (χ4v) is 0.759. The highest BCUT2D eigenvalue weighted by Crippen LogP contribution is 1.76. The van der Waals surface area contributed by atoms with Crippen molar-refractivity contribution in [2.24, 2.45) is 9.98 Å². The van der Waals surface area contributed by atoms with Gasteiger partial charge in [-0.15, -0.1) is 0 Å². The molecule has 1 aliphatic heterocycles. The van der Waals surface area contributed by atoms with Crippen LogP contribution >= 0.6 is 0 Å². The van der Waals surface area contributed by atoms with E-state index in [1.807, 2.05) is 6.92 Å². The van der Waals surface area contributed by atoms with Crippen molar-refractivity contribution in [1.82, 2.24) is 10.8 Å². The van der Waals surface area contributed by atoms with Crippen molar-refractivity contribution in [3.63, 3.8) is 0 Å². The van der Waals surface area contributed by atoms with Gasteiger partial charge in [-0.25, -0.2) is 4.99 Å². The molecule has 0 aromatic heterocycles. The smallest absolute Gasteiger partial charge is 0.124 e. The molecule has 5 nitrogen and oxygen atoms in total. The number of rotatable bonds is 0. The Morgan fingerprint density at radius 2 is 2.42 bits per heavy atom. The highest BCUT2D eigenvalue weighted by atomic mass is 16.6. The predicted molar refractivity (Wildman–Crippen MR) is 48.4 cm³/mol. The number of hydrogen-bond acceptors (Lipinski definition) is 5. The van der Waals surface area contributed by atoms with E-state index in [2.05, 4.69) is 20.8 Å². The Kier molecular flexibility index (Phi) is 4.33. The zero-order valence-corrected chi connectivity index (χ0v) is 7.21. The van der Waals surface area contributed by atoms with Crippen LogP contribution in [0.25, 0.3) is 0 Å². The molecule has 12 heavy (non-hydrogen) atoms. The molecule has 0 bridgehead atoms. The molecule has 0 unspecified atom stereocenters. The maximum Gasteiger partial charge on any atom is 0.124 e. The van der Waals surface area contributed by atoms with E-state index in [1.54, 1.807) is 6.34 Å². The zero-order valence-electron chi connectivity index (χ0n) is 7.21. The third-order valence-corrected chi connectivity index (χ3v) is 1.35. The lowest BCUT2D eigenvalue weighted by atomic mass is 10.6. The molecule has 0 fully saturated rings. The minimum atomic E-state index is 0.632. The number of amidine groups is 1. The van der Waals surface area contributed by atoms with E-state index in [1.165, 1.54) is 0 Å². The summed E-state index contributed by atoms with van der Waals surface area (Å²) in [6, 6.07) is 0. The summed E-state index contributed by atoms with van der Waals surface area (Å²) in [4.78, 5) is 13.1. The van der Waals surface area contributed by atoms with Gasteiger partial charge in [-0.3, -0.25) is 15.3 Å². The Morgan fingerprint density at radius 3 is 3.33 bits per heavy atom. The quantitative estimate of drug-likeness (QED) is 0.518. The van der Waals surface area contributed by atoms with Crippen molar-refractivity contribution < 1.29 is 4.84 Å². The highest BCUT2D eigenvalue weighted by molar-refractivity contribution is 5.85. The van der Waals surface area contributed by atoms with Crippen LogP contribution in [0.2, 0.25) is 0 Å². The molecule has 2 N–H and O–H groups in total. The Balaban J connectivity index is 2.36. The monoisotopic (exact) mass is 170 g/mol. The molecule has 0 aromatic rings. The van der Waals surface area contributed by atoms with E-state index < -0.39 is 0 Å². The normalized spacial score (nSPS) is 20.6. The first-order valence-corrected chi connectivity index (χ1v) is 4.01. The van der Waals surface area contributed by atoms with Gasteiger partial charge in [-0.2, -0.15) is 0 Å². The first kappa shape index (κ1) is 9.15. The number of nitrogens with one attached hydrogen (secondary N) is 2. The van der Waals surface area contributed by atoms with Crippen molar-refractivity contribution in [2.75, 3.05) is 26.2 Å². The summed E-state index contributed by atoms with van der Waals surface area (Å²) >= 11 is 0. The van der Waals surface area contributed by atoms with Gasteiger partial charge in [-0.05, 0) is 6.92 Å². The first-order valence-electron chi connectivity index (χ1n) is 4.01. The minimum Gasteiger partial charge on any atom is -0.312 e. The van der Waals surface area contributed by atoms with Gasteiger partial charge >= 0.3 is 0 Å². The van der Waals surface area contributed by atoms with Gasteiger partial charge in [0.15, 0.2) is 0 Å². The maximum atomic E-state index is 5.07. The Labute approximate surface area is 71.9 Å². The van der Waals surface area contributed by atoms with Gasteiger partial charge in [0.25, 0.3) is 0 Å². The van der Waals surface area contributed by atoms with Gasteiger partial charge in [0.2, 0.25) is 0 Å². The van der Waals surface area contributed by atoms with Gasteiger partial charge < -0.3 is 5.32 Å². The third-order valence-electron chi connectivity index (χ3n) is 1.35. The fraction of sp³-hybridized carbons (Fsp3) is 0.714. The molecule has 1 heterocycles. The van der Waals surface area contributed by atoms with E-state index in [9.17, 15) is 0 Å². The Morgan fingerprint density at radius 1 is 1.50 bits per heavy atom. The average Bonchev–Trinajstić information content (AvgIpc) is 2.11. The highest BCUT2D eigenvalue weighted by Gasteiger charge is 1.91. The molecule has 0 atom stereocenters. The second-order valence-corrected chi connectivity index (χ2v) is 2.44. The standard InChI is InChI=1S/C7H14N4O/c1-7-10-6-9-3-2-8-4-5-12-11-7/h6,8H,2-5H2,1H3,(H,9,10,11). The summed E-state index contributed by atoms with van der Waals surface area (Å²) in [5.74, 6) is 0.723. The van der Waals surface area contributed by atoms with Crippen LogP contribution < -0.4 is 10.8 Å². The average molecular weight is 170 g/mol. The molecule has 0 saturated carbocycles. The van der Waals surface area contributed by atoms with Crippen molar-refractivity contribution in [3.8, 4) is 0 Å². The van der Waals surface area contributed by atoms with Gasteiger partial charge in [0.05, 0.1) is 13.2 Å². The number of hydrogen-bond donors (Lipinski definition) is 2. The van der Waals surface area contributed by atoms with Crippen LogP contribution in [-0.4, -0.2) is 38.4 Å². The van der Waals surface area contributed by atoms with Crippen LogP contribution in [0.15, 0.2) is 9.98 Å². The van der Waals surface area contributed by atoms with Gasteiger partial charge in [0, 0.05) is 13.1 Å². The molecule has 0 saturated heterocycles. The summed E-state index contributed by atoms with van der Waals surface area (Å²) in [6.07, 6.45) is 1.54. The molecular weight excluding hydrogens is 156 g/mol. The molecule has 0 aliphatic carbocycles. The molecule has 0 aromatic carbocycles. The molecule has 0 radical (unpaired) electrons. The predicted octanol–water partition coefficient (Wildman–Crippen LogP) is -0.442. The van der Waals surface area contributed by atoms with E-state index >= 15 is 0 Å². The van der Waals surface area contributed by atoms with Crippen LogP contribution in [0.4, 0.5) is 0 Å². The molecular formula is C7H14N4O. The third kappa shape index (κ3) is 4.05. The second kappa shape index (κ2) is 5.68. The van der Waals surface area contributed by atoms with Crippen LogP contribution in [-0.2, 0) is 4.84 Å². The SMILES string of the molecule is CC1=NC=NCCNCCON1. The van der Waals surface area contributed by atoms with Gasteiger partial charge in [0.1, 0.15) is 12.2 Å². The number of nitrogens with zero attached hydrogens (tertiary/aromatic N) is 2. The lowest BCUT2D eigenvalue weighted by Crippen LogP contribution is -2.27. The minimum absolute atomic E-state index is 0.632. The topological polar surface area (TPSA) is 58.0 Å². The maximum absolute atomic E-state index is 5.07. The lowest BCUT2D eigenvalue weighted by Gasteiger charge is -2.04. The second-order valence-electron chi connectivity index (χ2n) is 2.44. The van der Waals surface area contributed by atoms with Crippen LogP contribution in [0, 0.1) is 0 Å². The lowest BCUT2D eigenvalue weighted by molar-refractivity contribution is 0.0871. The van der Waals surface area contributed by atoms with Crippen LogP contribution in [0.5, 0.6) is 0 Å². The van der Waals surface area contributed by atoms with E-state index in [0.717, 1.165) is 25.5 Å². The van der Waals surface area contributed by atoms with E-state index in [0.29, 0.717) is 6.61 Å². The largest absolute Gasteiger partial charge is 0.312 e. The van der Waals surface area contributed by atoms with Crippen LogP contribution in [0.1, 0.15) is 6.92 Å². The number of hydroxylamine groups is 1. The first-order chi connectivity index (χ1) is 5.89. The van der Waals surface area contributed by atoms with Crippen LogP contribution in [0.3, 0.4) is 0 Å². The van der Waals surface area contributed by atoms with Gasteiger partial charge in [-0.1, -0.05) is 0 Å². The summed E-state index contributed by atoms with van der Waals surface area (Å²) in [5.41, 5.74) is 2.70. The molecule has 5 heteroatoms. The van der Waals surface area contributed by atoms with Crippen molar-refractivity contribution in [1.29, 1.82) is 0 Å². The summed E-state index contributed by atoms with van der Waals surface area (Å²) < 4.78 is 0. The van der Waals surface area contributed by atoms with Crippen molar-refractivity contribution in [2.45, 2.75) is 6.92 Å². The molecule has 68 valence electrons.